The fourth-order valence-corrected chi connectivity index (χ4v) is 2.32. The topological polar surface area (TPSA) is 69.1 Å². The number of halogens is 1. The molecule has 5 nitrogen and oxygen atoms in total. The number of aromatic nitrogens is 3. The Labute approximate surface area is 132 Å². The summed E-state index contributed by atoms with van der Waals surface area (Å²) in [5.41, 5.74) is 8.57. The van der Waals surface area contributed by atoms with Crippen molar-refractivity contribution in [1.29, 1.82) is 0 Å². The normalized spacial score (nSPS) is 12.3. The van der Waals surface area contributed by atoms with E-state index in [4.69, 9.17) is 17.3 Å². The number of fused-ring (bicyclic) bond motifs is 1. The highest BCUT2D eigenvalue weighted by Crippen LogP contribution is 2.32. The van der Waals surface area contributed by atoms with Gasteiger partial charge in [-0.25, -0.2) is 4.99 Å². The average molecular weight is 312 g/mol. The second-order valence-electron chi connectivity index (χ2n) is 4.79. The van der Waals surface area contributed by atoms with Gasteiger partial charge < -0.3 is 5.73 Å². The molecule has 2 N–H and O–H groups in total. The van der Waals surface area contributed by atoms with Crippen LogP contribution in [0.15, 0.2) is 52.8 Å². The molecule has 0 saturated carbocycles. The van der Waals surface area contributed by atoms with Crippen LogP contribution in [-0.2, 0) is 0 Å². The van der Waals surface area contributed by atoms with Gasteiger partial charge in [0.25, 0.3) is 0 Å². The molecule has 3 aromatic rings. The number of aliphatic imine (C=N–C) groups is 1. The van der Waals surface area contributed by atoms with Gasteiger partial charge in [-0.15, -0.1) is 0 Å². The molecule has 0 fully saturated rings. The molecule has 0 saturated heterocycles. The van der Waals surface area contributed by atoms with E-state index >= 15 is 0 Å². The maximum absolute atomic E-state index is 5.94. The summed E-state index contributed by atoms with van der Waals surface area (Å²) in [6, 6.07) is 9.94. The Kier molecular flexibility index (Phi) is 3.65. The number of para-hydroxylation sites is 1. The van der Waals surface area contributed by atoms with Gasteiger partial charge in [0, 0.05) is 22.7 Å². The molecule has 0 unspecified atom stereocenters. The molecule has 0 aliphatic rings. The van der Waals surface area contributed by atoms with E-state index < -0.39 is 0 Å². The van der Waals surface area contributed by atoms with Crippen molar-refractivity contribution in [1.82, 2.24) is 14.8 Å². The van der Waals surface area contributed by atoms with Gasteiger partial charge in [0.15, 0.2) is 5.82 Å². The summed E-state index contributed by atoms with van der Waals surface area (Å²) in [6.45, 7) is 5.30. The quantitative estimate of drug-likeness (QED) is 0.748. The molecule has 2 aromatic heterocycles. The van der Waals surface area contributed by atoms with Crippen LogP contribution in [0, 0.1) is 0 Å². The first-order valence-corrected chi connectivity index (χ1v) is 7.01. The number of rotatable bonds is 3. The molecule has 0 radical (unpaired) electrons. The molecule has 110 valence electrons. The highest BCUT2D eigenvalue weighted by atomic mass is 35.5. The van der Waals surface area contributed by atoms with Crippen molar-refractivity contribution in [3.05, 3.63) is 47.8 Å². The lowest BCUT2D eigenvalue weighted by molar-refractivity contribution is 0.884. The van der Waals surface area contributed by atoms with Crippen molar-refractivity contribution < 1.29 is 0 Å². The summed E-state index contributed by atoms with van der Waals surface area (Å²) < 4.78 is 1.47. The van der Waals surface area contributed by atoms with E-state index in [2.05, 4.69) is 21.8 Å². The molecular formula is C16H14ClN5. The second kappa shape index (κ2) is 5.61. The van der Waals surface area contributed by atoms with Gasteiger partial charge in [-0.1, -0.05) is 29.8 Å². The zero-order valence-corrected chi connectivity index (χ0v) is 12.7. The summed E-state index contributed by atoms with van der Waals surface area (Å²) in [5, 5.41) is 5.73. The molecule has 3 rings (SSSR count). The van der Waals surface area contributed by atoms with Crippen molar-refractivity contribution in [2.75, 3.05) is 0 Å². The number of hydrogen-bond acceptors (Lipinski definition) is 4. The Balaban J connectivity index is 2.18. The molecule has 0 aliphatic heterocycles. The minimum Gasteiger partial charge on any atom is -0.383 e. The summed E-state index contributed by atoms with van der Waals surface area (Å²) >= 11 is 5.94. The standard InChI is InChI=1S/C16H14ClN5/c1-10(17)15(18)22-16(19-2)13(9-21-22)12-7-11-5-3-4-6-14(11)20-8-12/h3-9H,2,18H2,1H3/b15-10+. The zero-order valence-electron chi connectivity index (χ0n) is 12.0. The average Bonchev–Trinajstić information content (AvgIpc) is 2.97. The molecule has 0 aliphatic carbocycles. The lowest BCUT2D eigenvalue weighted by Crippen LogP contribution is -2.08. The smallest absolute Gasteiger partial charge is 0.164 e. The van der Waals surface area contributed by atoms with E-state index in [1.54, 1.807) is 19.3 Å². The molecule has 22 heavy (non-hydrogen) atoms. The summed E-state index contributed by atoms with van der Waals surface area (Å²) in [6.07, 6.45) is 3.47. The van der Waals surface area contributed by atoms with Crippen LogP contribution in [0.5, 0.6) is 0 Å². The first-order chi connectivity index (χ1) is 10.6. The van der Waals surface area contributed by atoms with E-state index in [0.29, 0.717) is 16.7 Å². The molecule has 6 heteroatoms. The molecule has 0 spiro atoms. The van der Waals surface area contributed by atoms with E-state index in [1.165, 1.54) is 4.68 Å². The summed E-state index contributed by atoms with van der Waals surface area (Å²) in [7, 11) is 0. The molecule has 0 atom stereocenters. The third kappa shape index (κ3) is 2.35. The molecule has 0 amide bonds. The van der Waals surface area contributed by atoms with Gasteiger partial charge in [-0.05, 0) is 25.8 Å². The first-order valence-electron chi connectivity index (χ1n) is 6.64. The monoisotopic (exact) mass is 311 g/mol. The fourth-order valence-electron chi connectivity index (χ4n) is 2.24. The molecule has 0 bridgehead atoms. The van der Waals surface area contributed by atoms with Gasteiger partial charge in [-0.2, -0.15) is 9.78 Å². The van der Waals surface area contributed by atoms with E-state index in [-0.39, 0.29) is 0 Å². The fraction of sp³-hybridized carbons (Fsp3) is 0.0625. The van der Waals surface area contributed by atoms with Crippen LogP contribution in [0.25, 0.3) is 27.9 Å². The first kappa shape index (κ1) is 14.3. The van der Waals surface area contributed by atoms with Crippen LogP contribution in [0.2, 0.25) is 0 Å². The third-order valence-electron chi connectivity index (χ3n) is 3.38. The predicted molar refractivity (Wildman–Crippen MR) is 91.1 cm³/mol. The number of nitrogens with two attached hydrogens (primary N) is 1. The number of allylic oxidation sites excluding steroid dienone is 1. The molecule has 2 heterocycles. The second-order valence-corrected chi connectivity index (χ2v) is 5.35. The van der Waals surface area contributed by atoms with Crippen LogP contribution in [-0.4, -0.2) is 21.5 Å². The Hall–Kier alpha value is -2.66. The van der Waals surface area contributed by atoms with E-state index in [0.717, 1.165) is 22.0 Å². The lowest BCUT2D eigenvalue weighted by Gasteiger charge is -2.06. The van der Waals surface area contributed by atoms with Crippen molar-refractivity contribution in [2.45, 2.75) is 6.92 Å². The Morgan fingerprint density at radius 3 is 2.82 bits per heavy atom. The minimum absolute atomic E-state index is 0.323. The number of benzene rings is 1. The van der Waals surface area contributed by atoms with Crippen molar-refractivity contribution in [3.63, 3.8) is 0 Å². The number of nitrogens with zero attached hydrogens (tertiary/aromatic N) is 4. The van der Waals surface area contributed by atoms with Crippen LogP contribution < -0.4 is 5.73 Å². The maximum atomic E-state index is 5.94. The Morgan fingerprint density at radius 1 is 1.32 bits per heavy atom. The molecule has 1 aromatic carbocycles. The minimum atomic E-state index is 0.323. The van der Waals surface area contributed by atoms with Crippen LogP contribution in [0.4, 0.5) is 5.82 Å². The lowest BCUT2D eigenvalue weighted by atomic mass is 10.1. The summed E-state index contributed by atoms with van der Waals surface area (Å²) in [4.78, 5) is 8.49. The highest BCUT2D eigenvalue weighted by molar-refractivity contribution is 6.31. The van der Waals surface area contributed by atoms with Crippen LogP contribution >= 0.6 is 11.6 Å². The largest absolute Gasteiger partial charge is 0.383 e. The Bertz CT molecular complexity index is 890. The molecular weight excluding hydrogens is 298 g/mol. The van der Waals surface area contributed by atoms with Crippen molar-refractivity contribution >= 4 is 40.9 Å². The zero-order chi connectivity index (χ0) is 15.7. The van der Waals surface area contributed by atoms with Gasteiger partial charge in [0.05, 0.1) is 16.7 Å². The summed E-state index contributed by atoms with van der Waals surface area (Å²) in [5.74, 6) is 0.860. The van der Waals surface area contributed by atoms with Gasteiger partial charge in [0.1, 0.15) is 5.82 Å². The van der Waals surface area contributed by atoms with Gasteiger partial charge in [-0.3, -0.25) is 4.98 Å². The Morgan fingerprint density at radius 2 is 2.09 bits per heavy atom. The van der Waals surface area contributed by atoms with Crippen LogP contribution in [0.3, 0.4) is 0 Å². The van der Waals surface area contributed by atoms with Crippen molar-refractivity contribution in [3.8, 4) is 11.1 Å². The predicted octanol–water partition coefficient (Wildman–Crippen LogP) is 3.77. The number of pyridine rings is 1. The van der Waals surface area contributed by atoms with Gasteiger partial charge in [0.2, 0.25) is 0 Å². The van der Waals surface area contributed by atoms with Crippen molar-refractivity contribution in [2.24, 2.45) is 10.7 Å². The van der Waals surface area contributed by atoms with Gasteiger partial charge >= 0.3 is 0 Å². The SMILES string of the molecule is C=Nc1c(-c2cnc3ccccc3c2)cnn1/C(N)=C(\C)Cl. The van der Waals surface area contributed by atoms with E-state index in [9.17, 15) is 0 Å². The highest BCUT2D eigenvalue weighted by Gasteiger charge is 2.14. The van der Waals surface area contributed by atoms with Crippen LogP contribution in [0.1, 0.15) is 6.92 Å². The third-order valence-corrected chi connectivity index (χ3v) is 3.57. The number of hydrogen-bond donors (Lipinski definition) is 1. The maximum Gasteiger partial charge on any atom is 0.164 e. The van der Waals surface area contributed by atoms with E-state index in [1.807, 2.05) is 30.3 Å².